The molecule has 0 atom stereocenters. The Hall–Kier alpha value is -5.17. The highest BCUT2D eigenvalue weighted by Crippen LogP contribution is 2.31. The molecule has 5 rings (SSSR count). The summed E-state index contributed by atoms with van der Waals surface area (Å²) in [5, 5.41) is 9.54. The van der Waals surface area contributed by atoms with Gasteiger partial charge in [-0.3, -0.25) is 4.79 Å². The van der Waals surface area contributed by atoms with Crippen molar-refractivity contribution < 1.29 is 28.6 Å². The Kier molecular flexibility index (Phi) is 10.3. The number of oxazole rings is 1. The predicted octanol–water partition coefficient (Wildman–Crippen LogP) is 8.44. The van der Waals surface area contributed by atoms with E-state index in [0.717, 1.165) is 22.4 Å². The van der Waals surface area contributed by atoms with Crippen molar-refractivity contribution in [3.05, 3.63) is 126 Å². The molecule has 0 aliphatic carbocycles. The normalized spacial score (nSPS) is 10.8. The third-order valence-electron chi connectivity index (χ3n) is 6.83. The van der Waals surface area contributed by atoms with Crippen molar-refractivity contribution in [3.8, 4) is 34.1 Å². The molecule has 0 amide bonds. The highest BCUT2D eigenvalue weighted by atomic mass is 16.5. The van der Waals surface area contributed by atoms with E-state index in [1.54, 1.807) is 42.5 Å². The van der Waals surface area contributed by atoms with Gasteiger partial charge in [-0.1, -0.05) is 86.6 Å². The predicted molar refractivity (Wildman–Crippen MR) is 171 cm³/mol. The molecule has 4 aromatic carbocycles. The van der Waals surface area contributed by atoms with Gasteiger partial charge >= 0.3 is 5.97 Å². The van der Waals surface area contributed by atoms with E-state index in [1.165, 1.54) is 13.8 Å². The molecule has 0 radical (unpaired) electrons. The van der Waals surface area contributed by atoms with Crippen molar-refractivity contribution in [3.63, 3.8) is 0 Å². The van der Waals surface area contributed by atoms with Crippen LogP contribution < -0.4 is 9.47 Å². The molecular formula is C37H37NO6. The quantitative estimate of drug-likeness (QED) is 0.154. The van der Waals surface area contributed by atoms with Gasteiger partial charge in [-0.15, -0.1) is 0 Å². The topological polar surface area (TPSA) is 98.9 Å². The molecule has 44 heavy (non-hydrogen) atoms. The first kappa shape index (κ1) is 31.8. The monoisotopic (exact) mass is 591 g/mol. The molecule has 7 heteroatoms. The van der Waals surface area contributed by atoms with Crippen molar-refractivity contribution in [1.29, 1.82) is 0 Å². The summed E-state index contributed by atoms with van der Waals surface area (Å²) < 4.78 is 17.8. The Balaban J connectivity index is 0.00000216. The Labute approximate surface area is 258 Å². The molecule has 0 unspecified atom stereocenters. The summed E-state index contributed by atoms with van der Waals surface area (Å²) in [7, 11) is 0. The number of rotatable bonds is 11. The van der Waals surface area contributed by atoms with E-state index in [4.69, 9.17) is 18.9 Å². The number of ketones is 1. The van der Waals surface area contributed by atoms with Gasteiger partial charge < -0.3 is 19.0 Å². The van der Waals surface area contributed by atoms with E-state index in [-0.39, 0.29) is 23.7 Å². The van der Waals surface area contributed by atoms with Crippen LogP contribution in [0.4, 0.5) is 0 Å². The van der Waals surface area contributed by atoms with Gasteiger partial charge in [-0.05, 0) is 62.2 Å². The van der Waals surface area contributed by atoms with Gasteiger partial charge in [0.05, 0.1) is 17.9 Å². The van der Waals surface area contributed by atoms with Gasteiger partial charge in [-0.2, -0.15) is 0 Å². The number of carboxylic acids is 1. The van der Waals surface area contributed by atoms with Gasteiger partial charge in [0.1, 0.15) is 17.3 Å². The number of aliphatic carboxylic acids is 1. The molecule has 0 fully saturated rings. The zero-order valence-corrected chi connectivity index (χ0v) is 25.7. The van der Waals surface area contributed by atoms with Gasteiger partial charge in [0.2, 0.25) is 5.89 Å². The van der Waals surface area contributed by atoms with Crippen LogP contribution in [0.5, 0.6) is 11.5 Å². The lowest BCUT2D eigenvalue weighted by Gasteiger charge is -2.23. The molecule has 226 valence electrons. The van der Waals surface area contributed by atoms with Gasteiger partial charge in [0.25, 0.3) is 0 Å². The van der Waals surface area contributed by atoms with Crippen molar-refractivity contribution in [2.75, 3.05) is 6.61 Å². The molecular weight excluding hydrogens is 554 g/mol. The summed E-state index contributed by atoms with van der Waals surface area (Å²) in [6.45, 7) is 9.03. The molecule has 1 N–H and O–H groups in total. The second kappa shape index (κ2) is 14.3. The lowest BCUT2D eigenvalue weighted by molar-refractivity contribution is -0.152. The van der Waals surface area contributed by atoms with E-state index in [0.29, 0.717) is 29.4 Å². The minimum absolute atomic E-state index is 0.165. The summed E-state index contributed by atoms with van der Waals surface area (Å²) in [5.74, 6) is 0.420. The van der Waals surface area contributed by atoms with E-state index in [2.05, 4.69) is 24.3 Å². The summed E-state index contributed by atoms with van der Waals surface area (Å²) in [6.07, 6.45) is 0.486. The third-order valence-corrected chi connectivity index (χ3v) is 6.83. The smallest absolute Gasteiger partial charge is 0.347 e. The molecule has 0 spiro atoms. The average molecular weight is 592 g/mol. The number of aromatic nitrogens is 1. The molecule has 0 bridgehead atoms. The van der Waals surface area contributed by atoms with Crippen molar-refractivity contribution >= 4 is 11.8 Å². The average Bonchev–Trinajstić information content (AvgIpc) is 3.43. The van der Waals surface area contributed by atoms with Gasteiger partial charge in [0.15, 0.2) is 11.4 Å². The minimum atomic E-state index is -1.53. The van der Waals surface area contributed by atoms with Crippen LogP contribution in [-0.4, -0.2) is 34.1 Å². The van der Waals surface area contributed by atoms with Crippen molar-refractivity contribution in [1.82, 2.24) is 4.98 Å². The lowest BCUT2D eigenvalue weighted by Crippen LogP contribution is -2.38. The number of nitrogens with zero attached hydrogens (tertiary/aromatic N) is 1. The minimum Gasteiger partial charge on any atom is -0.493 e. The number of hydrogen-bond donors (Lipinski definition) is 1. The zero-order valence-electron chi connectivity index (χ0n) is 25.7. The first-order valence-corrected chi connectivity index (χ1v) is 14.6. The molecule has 0 saturated heterocycles. The summed E-state index contributed by atoms with van der Waals surface area (Å²) in [4.78, 5) is 29.8. The van der Waals surface area contributed by atoms with E-state index >= 15 is 0 Å². The van der Waals surface area contributed by atoms with Crippen LogP contribution in [0.25, 0.3) is 22.6 Å². The number of benzene rings is 4. The van der Waals surface area contributed by atoms with Gasteiger partial charge in [-0.25, -0.2) is 9.78 Å². The number of ether oxygens (including phenoxy) is 2. The number of carbonyl (C=O) groups is 2. The van der Waals surface area contributed by atoms with Crippen LogP contribution in [0.2, 0.25) is 0 Å². The first-order chi connectivity index (χ1) is 21.2. The number of carbonyl (C=O) groups excluding carboxylic acids is 1. The first-order valence-electron chi connectivity index (χ1n) is 14.6. The van der Waals surface area contributed by atoms with E-state index < -0.39 is 11.6 Å². The molecule has 0 saturated carbocycles. The Bertz CT molecular complexity index is 1710. The van der Waals surface area contributed by atoms with Gasteiger partial charge in [0, 0.05) is 17.5 Å². The molecule has 0 aliphatic rings. The fourth-order valence-corrected chi connectivity index (χ4v) is 4.44. The maximum Gasteiger partial charge on any atom is 0.347 e. The number of aryl methyl sites for hydroxylation is 1. The lowest BCUT2D eigenvalue weighted by atomic mass is 10.0. The third kappa shape index (κ3) is 7.61. The summed E-state index contributed by atoms with van der Waals surface area (Å²) in [6, 6.07) is 31.7. The van der Waals surface area contributed by atoms with Crippen LogP contribution in [0.3, 0.4) is 0 Å². The molecule has 1 heterocycles. The van der Waals surface area contributed by atoms with Crippen LogP contribution >= 0.6 is 0 Å². The summed E-state index contributed by atoms with van der Waals surface area (Å²) in [5.41, 5.74) is 2.99. The van der Waals surface area contributed by atoms with Crippen molar-refractivity contribution in [2.24, 2.45) is 0 Å². The highest BCUT2D eigenvalue weighted by molar-refractivity contribution is 6.11. The second-order valence-corrected chi connectivity index (χ2v) is 10.3. The SMILES string of the molecule is CC.Cc1oc(-c2cccc(-c3ccccc3)c2)nc1CCOc1ccc(OC(C)(C)C(=O)O)c(C(=O)c2ccccc2)c1. The highest BCUT2D eigenvalue weighted by Gasteiger charge is 2.31. The maximum atomic E-state index is 13.4. The van der Waals surface area contributed by atoms with Crippen LogP contribution in [0.15, 0.2) is 108 Å². The summed E-state index contributed by atoms with van der Waals surface area (Å²) >= 11 is 0. The van der Waals surface area contributed by atoms with E-state index in [1.807, 2.05) is 57.2 Å². The maximum absolute atomic E-state index is 13.4. The van der Waals surface area contributed by atoms with Crippen molar-refractivity contribution in [2.45, 2.75) is 46.6 Å². The Morgan fingerprint density at radius 3 is 2.14 bits per heavy atom. The molecule has 7 nitrogen and oxygen atoms in total. The number of hydrogen-bond acceptors (Lipinski definition) is 6. The second-order valence-electron chi connectivity index (χ2n) is 10.3. The largest absolute Gasteiger partial charge is 0.493 e. The zero-order chi connectivity index (χ0) is 31.7. The molecule has 0 aliphatic heterocycles. The molecule has 1 aromatic heterocycles. The van der Waals surface area contributed by atoms with Crippen LogP contribution in [0.1, 0.15) is 55.1 Å². The van der Waals surface area contributed by atoms with Crippen LogP contribution in [0, 0.1) is 6.92 Å². The van der Waals surface area contributed by atoms with E-state index in [9.17, 15) is 14.7 Å². The fourth-order valence-electron chi connectivity index (χ4n) is 4.44. The number of carboxylic acid groups (broad SMARTS) is 1. The Morgan fingerprint density at radius 1 is 0.818 bits per heavy atom. The fraction of sp³-hybridized carbons (Fsp3) is 0.216. The Morgan fingerprint density at radius 2 is 1.45 bits per heavy atom. The van der Waals surface area contributed by atoms with Crippen LogP contribution in [-0.2, 0) is 11.2 Å². The standard InChI is InChI=1S/C35H31NO6.C2H6/c1-23-30(36-33(41-23)27-16-10-15-26(21-27)24-11-6-4-7-12-24)19-20-40-28-17-18-31(42-35(2,3)34(38)39)29(22-28)32(37)25-13-8-5-9-14-25;1-2/h4-18,21-22H,19-20H2,1-3H3,(H,38,39);1-2H3. The molecule has 5 aromatic rings.